The molecule has 0 spiro atoms. The number of hydrogen-bond acceptors (Lipinski definition) is 5. The van der Waals surface area contributed by atoms with Crippen LogP contribution in [0.4, 0.5) is 5.69 Å². The van der Waals surface area contributed by atoms with Gasteiger partial charge in [-0.15, -0.1) is 11.3 Å². The summed E-state index contributed by atoms with van der Waals surface area (Å²) in [5, 5.41) is 1.76. The molecule has 0 aliphatic carbocycles. The molecule has 0 radical (unpaired) electrons. The third-order valence-corrected chi connectivity index (χ3v) is 6.33. The van der Waals surface area contributed by atoms with Crippen LogP contribution in [0.1, 0.15) is 5.56 Å². The molecule has 1 aromatic heterocycles. The molecule has 0 N–H and O–H groups in total. The molecule has 0 saturated carbocycles. The van der Waals surface area contributed by atoms with Crippen molar-refractivity contribution < 1.29 is 17.9 Å². The zero-order chi connectivity index (χ0) is 14.2. The van der Waals surface area contributed by atoms with Gasteiger partial charge in [0.25, 0.3) is 10.0 Å². The molecule has 2 aromatic rings. The van der Waals surface area contributed by atoms with Gasteiger partial charge >= 0.3 is 0 Å². The summed E-state index contributed by atoms with van der Waals surface area (Å²) in [6.07, 6.45) is 0. The molecule has 1 aliphatic rings. The molecule has 20 heavy (non-hydrogen) atoms. The Hall–Kier alpha value is -1.57. The first kappa shape index (κ1) is 13.4. The molecule has 0 fully saturated rings. The van der Waals surface area contributed by atoms with Crippen LogP contribution in [-0.4, -0.2) is 22.3 Å². The number of fused-ring (bicyclic) bond motifs is 1. The van der Waals surface area contributed by atoms with Crippen molar-refractivity contribution in [1.29, 1.82) is 0 Å². The van der Waals surface area contributed by atoms with Gasteiger partial charge in [-0.1, -0.05) is 6.07 Å². The molecule has 1 aliphatic heterocycles. The first-order valence-corrected chi connectivity index (χ1v) is 8.26. The predicted octanol–water partition coefficient (Wildman–Crippen LogP) is 2.44. The average Bonchev–Trinajstić information content (AvgIpc) is 2.88. The maximum absolute atomic E-state index is 12.7. The van der Waals surface area contributed by atoms with Crippen LogP contribution in [0.15, 0.2) is 39.9 Å². The SMILES string of the molecule is COc1cccc(N2COCc3ccsc3S2(=O)=O)c1. The largest absolute Gasteiger partial charge is 0.497 e. The van der Waals surface area contributed by atoms with Crippen LogP contribution in [0.5, 0.6) is 5.75 Å². The maximum atomic E-state index is 12.7. The topological polar surface area (TPSA) is 55.8 Å². The van der Waals surface area contributed by atoms with Gasteiger partial charge in [0, 0.05) is 11.6 Å². The van der Waals surface area contributed by atoms with E-state index in [1.165, 1.54) is 15.6 Å². The van der Waals surface area contributed by atoms with Gasteiger partial charge in [0.2, 0.25) is 0 Å². The van der Waals surface area contributed by atoms with Crippen LogP contribution in [0.3, 0.4) is 0 Å². The number of sulfonamides is 1. The van der Waals surface area contributed by atoms with Gasteiger partial charge in [-0.25, -0.2) is 12.7 Å². The van der Waals surface area contributed by atoms with Crippen LogP contribution in [-0.2, 0) is 21.4 Å². The first-order valence-electron chi connectivity index (χ1n) is 5.94. The summed E-state index contributed by atoms with van der Waals surface area (Å²) < 4.78 is 37.6. The van der Waals surface area contributed by atoms with Crippen molar-refractivity contribution in [2.24, 2.45) is 0 Å². The minimum absolute atomic E-state index is 0.00307. The highest BCUT2D eigenvalue weighted by Crippen LogP contribution is 2.33. The maximum Gasteiger partial charge on any atom is 0.276 e. The van der Waals surface area contributed by atoms with Crippen LogP contribution in [0.25, 0.3) is 0 Å². The Morgan fingerprint density at radius 1 is 1.35 bits per heavy atom. The van der Waals surface area contributed by atoms with Gasteiger partial charge in [-0.2, -0.15) is 0 Å². The number of thiophene rings is 1. The Morgan fingerprint density at radius 2 is 2.20 bits per heavy atom. The second-order valence-corrected chi connectivity index (χ2v) is 7.24. The van der Waals surface area contributed by atoms with Crippen LogP contribution in [0, 0.1) is 0 Å². The molecule has 0 bridgehead atoms. The summed E-state index contributed by atoms with van der Waals surface area (Å²) in [7, 11) is -2.04. The number of methoxy groups -OCH3 is 1. The van der Waals surface area contributed by atoms with Gasteiger partial charge in [0.15, 0.2) is 0 Å². The normalized spacial score (nSPS) is 17.4. The molecule has 0 saturated heterocycles. The van der Waals surface area contributed by atoms with Crippen molar-refractivity contribution in [2.45, 2.75) is 10.8 Å². The van der Waals surface area contributed by atoms with Crippen molar-refractivity contribution in [3.63, 3.8) is 0 Å². The lowest BCUT2D eigenvalue weighted by molar-refractivity contribution is 0.131. The fourth-order valence-electron chi connectivity index (χ4n) is 2.04. The summed E-state index contributed by atoms with van der Waals surface area (Å²) in [4.78, 5) is 0. The molecule has 106 valence electrons. The average molecular weight is 311 g/mol. The van der Waals surface area contributed by atoms with Crippen molar-refractivity contribution in [2.75, 3.05) is 18.1 Å². The molecule has 0 amide bonds. The van der Waals surface area contributed by atoms with Crippen molar-refractivity contribution in [1.82, 2.24) is 0 Å². The summed E-state index contributed by atoms with van der Waals surface area (Å²) in [5.41, 5.74) is 1.24. The molecule has 2 heterocycles. The van der Waals surface area contributed by atoms with Gasteiger partial charge in [0.05, 0.1) is 19.4 Å². The zero-order valence-electron chi connectivity index (χ0n) is 10.8. The zero-order valence-corrected chi connectivity index (χ0v) is 12.4. The molecular formula is C13H13NO4S2. The minimum atomic E-state index is -3.58. The van der Waals surface area contributed by atoms with E-state index >= 15 is 0 Å². The van der Waals surface area contributed by atoms with Crippen LogP contribution < -0.4 is 9.04 Å². The van der Waals surface area contributed by atoms with E-state index in [2.05, 4.69) is 0 Å². The Balaban J connectivity index is 2.09. The van der Waals surface area contributed by atoms with E-state index in [0.29, 0.717) is 27.8 Å². The van der Waals surface area contributed by atoms with Crippen molar-refractivity contribution in [3.05, 3.63) is 41.3 Å². The lowest BCUT2D eigenvalue weighted by Crippen LogP contribution is -2.31. The highest BCUT2D eigenvalue weighted by Gasteiger charge is 2.31. The molecule has 3 rings (SSSR count). The fourth-order valence-corrected chi connectivity index (χ4v) is 4.86. The Labute approximate surface area is 121 Å². The highest BCUT2D eigenvalue weighted by molar-refractivity contribution is 7.94. The van der Waals surface area contributed by atoms with E-state index < -0.39 is 10.0 Å². The Bertz CT molecular complexity index is 723. The second-order valence-electron chi connectivity index (χ2n) is 4.27. The number of rotatable bonds is 2. The fraction of sp³-hybridized carbons (Fsp3) is 0.231. The van der Waals surface area contributed by atoms with E-state index in [1.807, 2.05) is 0 Å². The van der Waals surface area contributed by atoms with Gasteiger partial charge in [-0.3, -0.25) is 0 Å². The number of nitrogens with zero attached hydrogens (tertiary/aromatic N) is 1. The smallest absolute Gasteiger partial charge is 0.276 e. The molecule has 0 atom stereocenters. The quantitative estimate of drug-likeness (QED) is 0.855. The third kappa shape index (κ3) is 2.17. The van der Waals surface area contributed by atoms with Gasteiger partial charge in [-0.05, 0) is 23.6 Å². The number of benzene rings is 1. The Kier molecular flexibility index (Phi) is 3.41. The lowest BCUT2D eigenvalue weighted by Gasteiger charge is -2.21. The summed E-state index contributed by atoms with van der Waals surface area (Å²) in [6, 6.07) is 8.71. The number of anilines is 1. The summed E-state index contributed by atoms with van der Waals surface area (Å²) in [6.45, 7) is 0.301. The number of hydrogen-bond donors (Lipinski definition) is 0. The van der Waals surface area contributed by atoms with Crippen molar-refractivity contribution >= 4 is 27.0 Å². The molecule has 5 nitrogen and oxygen atoms in total. The third-order valence-electron chi connectivity index (χ3n) is 3.04. The summed E-state index contributed by atoms with van der Waals surface area (Å²) >= 11 is 1.21. The molecule has 1 aromatic carbocycles. The molecular weight excluding hydrogens is 298 g/mol. The first-order chi connectivity index (χ1) is 9.63. The predicted molar refractivity (Wildman–Crippen MR) is 76.6 cm³/mol. The molecule has 7 heteroatoms. The van der Waals surface area contributed by atoms with E-state index in [9.17, 15) is 8.42 Å². The molecule has 0 unspecified atom stereocenters. The lowest BCUT2D eigenvalue weighted by atomic mass is 10.3. The standard InChI is InChI=1S/C13H13NO4S2/c1-17-12-4-2-3-11(7-12)14-9-18-8-10-5-6-19-13(10)20(14,15)16/h2-7H,8-9H2,1H3. The van der Waals surface area contributed by atoms with Crippen LogP contribution in [0.2, 0.25) is 0 Å². The van der Waals surface area contributed by atoms with Gasteiger partial charge < -0.3 is 9.47 Å². The van der Waals surface area contributed by atoms with Gasteiger partial charge in [0.1, 0.15) is 16.7 Å². The Morgan fingerprint density at radius 3 is 3.00 bits per heavy atom. The minimum Gasteiger partial charge on any atom is -0.497 e. The monoisotopic (exact) mass is 311 g/mol. The number of ether oxygens (including phenoxy) is 2. The van der Waals surface area contributed by atoms with E-state index in [-0.39, 0.29) is 6.73 Å². The van der Waals surface area contributed by atoms with E-state index in [4.69, 9.17) is 9.47 Å². The van der Waals surface area contributed by atoms with Crippen molar-refractivity contribution in [3.8, 4) is 5.75 Å². The van der Waals surface area contributed by atoms with Crippen LogP contribution >= 0.6 is 11.3 Å². The van der Waals surface area contributed by atoms with E-state index in [1.54, 1.807) is 42.8 Å². The summed E-state index contributed by atoms with van der Waals surface area (Å²) in [5.74, 6) is 0.605. The second kappa shape index (κ2) is 5.08. The highest BCUT2D eigenvalue weighted by atomic mass is 32.2. The van der Waals surface area contributed by atoms with E-state index in [0.717, 1.165) is 0 Å².